The molecule has 1 aliphatic heterocycles. The van der Waals surface area contributed by atoms with Crippen molar-refractivity contribution in [3.8, 4) is 5.69 Å². The number of fused-ring (bicyclic) bond motifs is 11. The van der Waals surface area contributed by atoms with Crippen LogP contribution in [0.1, 0.15) is 29.3 Å². The molecule has 2 aliphatic rings. The number of nitrogens with one attached hydrogen (secondary N) is 1. The van der Waals surface area contributed by atoms with E-state index in [1.54, 1.807) is 0 Å². The van der Waals surface area contributed by atoms with Crippen LogP contribution in [0.2, 0.25) is 0 Å². The molecule has 7 aromatic carbocycles. The molecule has 0 spiro atoms. The largest absolute Gasteiger partial charge is 0.370 e. The van der Waals surface area contributed by atoms with Crippen molar-refractivity contribution in [3.63, 3.8) is 0 Å². The number of rotatable bonds is 2. The Bertz CT molecular complexity index is 2810. The van der Waals surface area contributed by atoms with Crippen molar-refractivity contribution in [3.05, 3.63) is 168 Å². The minimum absolute atomic E-state index is 0.0877. The van der Waals surface area contributed by atoms with Crippen molar-refractivity contribution in [1.82, 2.24) is 9.13 Å². The summed E-state index contributed by atoms with van der Waals surface area (Å²) in [5.74, 6) is 1.01. The Hall–Kier alpha value is -6.39. The molecule has 4 heteroatoms. The third kappa shape index (κ3) is 3.90. The molecule has 0 amide bonds. The summed E-state index contributed by atoms with van der Waals surface area (Å²) in [7, 11) is 0. The van der Waals surface area contributed by atoms with Gasteiger partial charge in [0, 0.05) is 33.1 Å². The van der Waals surface area contributed by atoms with E-state index in [-0.39, 0.29) is 6.04 Å². The van der Waals surface area contributed by atoms with Crippen LogP contribution in [0.5, 0.6) is 0 Å². The first kappa shape index (κ1) is 27.5. The second kappa shape index (κ2) is 10.6. The van der Waals surface area contributed by atoms with E-state index in [4.69, 9.17) is 4.99 Å². The molecule has 0 radical (unpaired) electrons. The third-order valence-corrected chi connectivity index (χ3v) is 10.8. The van der Waals surface area contributed by atoms with Crippen LogP contribution in [-0.4, -0.2) is 15.0 Å². The molecule has 0 bridgehead atoms. The van der Waals surface area contributed by atoms with Gasteiger partial charge in [0.2, 0.25) is 0 Å². The average molecular weight is 641 g/mol. The van der Waals surface area contributed by atoms with E-state index in [1.165, 1.54) is 71.1 Å². The first-order valence-electron chi connectivity index (χ1n) is 17.5. The minimum Gasteiger partial charge on any atom is -0.370 e. The number of aliphatic imine (C=N–C) groups is 1. The number of allylic oxidation sites excluding steroid dienone is 1. The zero-order valence-corrected chi connectivity index (χ0v) is 27.3. The Morgan fingerprint density at radius 3 is 2.00 bits per heavy atom. The zero-order valence-electron chi connectivity index (χ0n) is 27.3. The summed E-state index contributed by atoms with van der Waals surface area (Å²) in [5, 5.41) is 12.8. The highest BCUT2D eigenvalue weighted by Crippen LogP contribution is 2.43. The predicted molar refractivity (Wildman–Crippen MR) is 210 cm³/mol. The van der Waals surface area contributed by atoms with Crippen LogP contribution in [0.3, 0.4) is 0 Å². The topological polar surface area (TPSA) is 34.2 Å². The number of benzene rings is 7. The number of aromatic nitrogens is 2. The first-order chi connectivity index (χ1) is 24.8. The maximum absolute atomic E-state index is 5.40. The van der Waals surface area contributed by atoms with Gasteiger partial charge in [-0.1, -0.05) is 115 Å². The maximum atomic E-state index is 5.40. The van der Waals surface area contributed by atoms with E-state index < -0.39 is 0 Å². The van der Waals surface area contributed by atoms with Crippen molar-refractivity contribution < 1.29 is 0 Å². The molecule has 4 nitrogen and oxygen atoms in total. The Labute approximate surface area is 289 Å². The van der Waals surface area contributed by atoms with Gasteiger partial charge in [0.1, 0.15) is 11.9 Å². The minimum atomic E-state index is -0.0877. The van der Waals surface area contributed by atoms with E-state index in [2.05, 4.69) is 172 Å². The van der Waals surface area contributed by atoms with Crippen LogP contribution in [0.15, 0.2) is 157 Å². The molecule has 1 atom stereocenters. The number of hydrogen-bond donors (Lipinski definition) is 1. The summed E-state index contributed by atoms with van der Waals surface area (Å²) >= 11 is 0. The van der Waals surface area contributed by atoms with Crippen molar-refractivity contribution in [2.75, 3.05) is 5.32 Å². The predicted octanol–water partition coefficient (Wildman–Crippen LogP) is 11.7. The summed E-state index contributed by atoms with van der Waals surface area (Å²) in [6.45, 7) is 0. The van der Waals surface area contributed by atoms with Gasteiger partial charge in [-0.2, -0.15) is 0 Å². The molecular weight excluding hydrogens is 609 g/mol. The van der Waals surface area contributed by atoms with Gasteiger partial charge < -0.3 is 9.88 Å². The molecule has 11 rings (SSSR count). The van der Waals surface area contributed by atoms with Crippen LogP contribution >= 0.6 is 0 Å². The molecule has 1 unspecified atom stereocenters. The Kier molecular flexibility index (Phi) is 5.81. The molecule has 1 N–H and O–H groups in total. The average Bonchev–Trinajstić information content (AvgIpc) is 3.71. The number of hydrogen-bond acceptors (Lipinski definition) is 2. The molecule has 3 heterocycles. The lowest BCUT2D eigenvalue weighted by molar-refractivity contribution is 0.870. The van der Waals surface area contributed by atoms with Crippen molar-refractivity contribution in [2.24, 2.45) is 4.99 Å². The Morgan fingerprint density at radius 1 is 0.580 bits per heavy atom. The smallest absolute Gasteiger partial charge is 0.141 e. The molecule has 50 heavy (non-hydrogen) atoms. The molecule has 0 saturated carbocycles. The van der Waals surface area contributed by atoms with Crippen LogP contribution in [0.25, 0.3) is 66.0 Å². The van der Waals surface area contributed by atoms with Gasteiger partial charge in [-0.3, -0.25) is 4.57 Å². The fraction of sp³-hybridized carbons (Fsp3) is 0.0652. The molecule has 0 saturated heterocycles. The summed E-state index contributed by atoms with van der Waals surface area (Å²) in [6.07, 6.45) is 6.63. The molecule has 236 valence electrons. The van der Waals surface area contributed by atoms with Crippen LogP contribution in [0.4, 0.5) is 11.4 Å². The second-order valence-corrected chi connectivity index (χ2v) is 13.5. The third-order valence-electron chi connectivity index (χ3n) is 10.8. The highest BCUT2D eigenvalue weighted by Gasteiger charge is 2.30. The van der Waals surface area contributed by atoms with Gasteiger partial charge >= 0.3 is 0 Å². The summed E-state index contributed by atoms with van der Waals surface area (Å²) < 4.78 is 4.92. The molecule has 1 aliphatic carbocycles. The number of para-hydroxylation sites is 2. The van der Waals surface area contributed by atoms with Crippen LogP contribution < -0.4 is 5.32 Å². The standard InChI is InChI=1S/C46H32N4/c1-2-14-31(15-3-1)45-46(48-38-20-10-9-19-37(38)47-45)50-39-21-11-8-18-35(39)36-28-32(24-27-40(36)50)49-41-25-22-29-12-4-6-16-33(29)43(41)44-34-17-7-5-13-30(34)23-26-42(44)49/h1-10,12-20,22-28,45,47H,11,21H2. The first-order valence-corrected chi connectivity index (χ1v) is 17.5. The highest BCUT2D eigenvalue weighted by atomic mass is 15.2. The quantitative estimate of drug-likeness (QED) is 0.200. The van der Waals surface area contributed by atoms with Gasteiger partial charge in [-0.25, -0.2) is 4.99 Å². The zero-order chi connectivity index (χ0) is 32.8. The van der Waals surface area contributed by atoms with Gasteiger partial charge in [0.05, 0.1) is 27.9 Å². The lowest BCUT2D eigenvalue weighted by Crippen LogP contribution is -2.30. The normalized spacial score (nSPS) is 15.4. The lowest BCUT2D eigenvalue weighted by Gasteiger charge is -2.29. The van der Waals surface area contributed by atoms with Crippen molar-refractivity contribution >= 4 is 77.5 Å². The monoisotopic (exact) mass is 640 g/mol. The molecule has 9 aromatic rings. The van der Waals surface area contributed by atoms with E-state index in [9.17, 15) is 0 Å². The van der Waals surface area contributed by atoms with E-state index in [0.29, 0.717) is 0 Å². The van der Waals surface area contributed by atoms with E-state index >= 15 is 0 Å². The summed E-state index contributed by atoms with van der Waals surface area (Å²) in [6, 6.07) is 52.8. The van der Waals surface area contributed by atoms with Crippen LogP contribution in [0, 0.1) is 0 Å². The van der Waals surface area contributed by atoms with Gasteiger partial charge in [-0.15, -0.1) is 0 Å². The summed E-state index contributed by atoms with van der Waals surface area (Å²) in [4.78, 5) is 5.40. The van der Waals surface area contributed by atoms with Crippen molar-refractivity contribution in [2.45, 2.75) is 18.9 Å². The van der Waals surface area contributed by atoms with Crippen LogP contribution in [-0.2, 0) is 6.42 Å². The Balaban J connectivity index is 1.20. The number of nitrogens with zero attached hydrogens (tertiary/aromatic N) is 3. The molecule has 0 fully saturated rings. The summed E-state index contributed by atoms with van der Waals surface area (Å²) in [5.41, 5.74) is 10.6. The van der Waals surface area contributed by atoms with Gasteiger partial charge in [-0.05, 0) is 82.4 Å². The van der Waals surface area contributed by atoms with Gasteiger partial charge in [0.25, 0.3) is 0 Å². The highest BCUT2D eigenvalue weighted by molar-refractivity contribution is 6.28. The second-order valence-electron chi connectivity index (χ2n) is 13.5. The van der Waals surface area contributed by atoms with Crippen molar-refractivity contribution in [1.29, 1.82) is 0 Å². The molecule has 2 aromatic heterocycles. The van der Waals surface area contributed by atoms with E-state index in [1.807, 2.05) is 0 Å². The lowest BCUT2D eigenvalue weighted by atomic mass is 10.00. The SMILES string of the molecule is C1=Cc2c(n(C3=Nc4ccccc4NC3c3ccccc3)c3ccc(-n4c5ccc6ccccc6c5c5c6ccccc6ccc54)cc23)CC1. The number of anilines is 1. The fourth-order valence-corrected chi connectivity index (χ4v) is 8.59. The van der Waals surface area contributed by atoms with Gasteiger partial charge in [0.15, 0.2) is 0 Å². The Morgan fingerprint density at radius 2 is 1.24 bits per heavy atom. The fourth-order valence-electron chi connectivity index (χ4n) is 8.59. The van der Waals surface area contributed by atoms with E-state index in [0.717, 1.165) is 35.7 Å². The molecular formula is C46H32N4. The maximum Gasteiger partial charge on any atom is 0.141 e.